The van der Waals surface area contributed by atoms with Crippen LogP contribution in [0.1, 0.15) is 53.4 Å². The van der Waals surface area contributed by atoms with Crippen molar-refractivity contribution in [2.45, 2.75) is 52.1 Å². The van der Waals surface area contributed by atoms with E-state index in [-0.39, 0.29) is 30.0 Å². The van der Waals surface area contributed by atoms with Crippen LogP contribution in [0.3, 0.4) is 0 Å². The molecule has 2 fully saturated rings. The number of rotatable bonds is 10. The summed E-state index contributed by atoms with van der Waals surface area (Å²) in [5.41, 5.74) is 4.69. The topological polar surface area (TPSA) is 111 Å². The van der Waals surface area contributed by atoms with Gasteiger partial charge in [0.2, 0.25) is 0 Å². The van der Waals surface area contributed by atoms with Gasteiger partial charge in [0.05, 0.1) is 0 Å². The first-order valence-corrected chi connectivity index (χ1v) is 16.5. The van der Waals surface area contributed by atoms with Gasteiger partial charge in [0, 0.05) is 109 Å². The van der Waals surface area contributed by atoms with Crippen molar-refractivity contribution >= 4 is 46.2 Å². The fraction of sp³-hybridized carbons (Fsp3) is 0.412. The number of amides is 2. The Morgan fingerprint density at radius 1 is 1.13 bits per heavy atom. The van der Waals surface area contributed by atoms with E-state index in [4.69, 9.17) is 9.72 Å². The van der Waals surface area contributed by atoms with E-state index in [1.54, 1.807) is 11.0 Å². The third-order valence-corrected chi connectivity index (χ3v) is 9.33. The van der Waals surface area contributed by atoms with E-state index in [0.717, 1.165) is 67.2 Å². The number of pyridine rings is 2. The minimum absolute atomic E-state index is 0.0878. The van der Waals surface area contributed by atoms with Crippen LogP contribution in [0.25, 0.3) is 11.1 Å². The number of ether oxygens (including phenoxy) is 1. The Hall–Kier alpha value is -3.55. The quantitative estimate of drug-likeness (QED) is 0.176. The highest BCUT2D eigenvalue weighted by Gasteiger charge is 2.27. The molecule has 2 amide bonds. The average Bonchev–Trinajstić information content (AvgIpc) is 3.05. The maximum absolute atomic E-state index is 13.7. The summed E-state index contributed by atoms with van der Waals surface area (Å²) in [7, 11) is 0. The molecule has 1 aromatic carbocycles. The second-order valence-electron chi connectivity index (χ2n) is 11.5. The van der Waals surface area contributed by atoms with Gasteiger partial charge in [-0.2, -0.15) is 0 Å². The first kappa shape index (κ1) is 32.8. The summed E-state index contributed by atoms with van der Waals surface area (Å²) in [6.07, 6.45) is 6.13. The Kier molecular flexibility index (Phi) is 11.1. The van der Waals surface area contributed by atoms with E-state index < -0.39 is 0 Å². The number of anilines is 2. The number of carbonyl (C=O) groups excluding carboxylic acids is 2. The predicted molar refractivity (Wildman–Crippen MR) is 186 cm³/mol. The van der Waals surface area contributed by atoms with E-state index in [9.17, 15) is 14.4 Å². The van der Waals surface area contributed by atoms with Crippen molar-refractivity contribution in [1.82, 2.24) is 18.4 Å². The zero-order valence-corrected chi connectivity index (χ0v) is 28.1. The number of piperazine rings is 1. The van der Waals surface area contributed by atoms with E-state index in [2.05, 4.69) is 54.7 Å². The van der Waals surface area contributed by atoms with Crippen molar-refractivity contribution in [2.24, 2.45) is 0 Å². The van der Waals surface area contributed by atoms with Crippen LogP contribution in [-0.2, 0) is 22.5 Å². The molecule has 11 heteroatoms. The molecule has 0 bridgehead atoms. The molecule has 0 atom stereocenters. The maximum Gasteiger partial charge on any atom is 0.253 e. The van der Waals surface area contributed by atoms with E-state index in [1.807, 2.05) is 43.5 Å². The van der Waals surface area contributed by atoms with Gasteiger partial charge < -0.3 is 24.8 Å². The number of carbonyl (C=O) groups is 2. The van der Waals surface area contributed by atoms with Gasteiger partial charge in [-0.15, -0.1) is 0 Å². The molecule has 0 radical (unpaired) electrons. The molecule has 2 aromatic heterocycles. The van der Waals surface area contributed by atoms with Gasteiger partial charge >= 0.3 is 0 Å². The minimum Gasteiger partial charge on any atom is -0.381 e. The molecule has 0 spiro atoms. The maximum atomic E-state index is 13.7. The molecule has 0 aliphatic carbocycles. The molecule has 238 valence electrons. The number of nitrogens with zero attached hydrogens (tertiary/aromatic N) is 4. The smallest absolute Gasteiger partial charge is 0.253 e. The normalized spacial score (nSPS) is 15.9. The fourth-order valence-electron chi connectivity index (χ4n) is 6.00. The van der Waals surface area contributed by atoms with Gasteiger partial charge in [-0.3, -0.25) is 14.4 Å². The van der Waals surface area contributed by atoms with E-state index >= 15 is 0 Å². The van der Waals surface area contributed by atoms with Crippen LogP contribution < -0.4 is 20.7 Å². The lowest BCUT2D eigenvalue weighted by atomic mass is 9.99. The first-order valence-electron chi connectivity index (χ1n) is 15.6. The highest BCUT2D eigenvalue weighted by molar-refractivity contribution is 14.1. The van der Waals surface area contributed by atoms with Crippen molar-refractivity contribution in [3.05, 3.63) is 88.0 Å². The number of aromatic amines is 1. The number of aromatic nitrogens is 2. The Morgan fingerprint density at radius 2 is 1.89 bits per heavy atom. The number of aryl methyl sites for hydroxylation is 2. The number of nitrogens with one attached hydrogen (secondary N) is 2. The van der Waals surface area contributed by atoms with Crippen LogP contribution in [-0.4, -0.2) is 70.3 Å². The van der Waals surface area contributed by atoms with Crippen molar-refractivity contribution in [3.63, 3.8) is 0 Å². The zero-order chi connectivity index (χ0) is 31.9. The highest BCUT2D eigenvalue weighted by Crippen LogP contribution is 2.31. The summed E-state index contributed by atoms with van der Waals surface area (Å²) in [5.74, 6) is 0.345. The second kappa shape index (κ2) is 15.2. The zero-order valence-electron chi connectivity index (χ0n) is 26.0. The molecule has 2 aliphatic rings. The molecule has 10 nitrogen and oxygen atoms in total. The van der Waals surface area contributed by atoms with Crippen molar-refractivity contribution in [3.8, 4) is 11.1 Å². The fourth-order valence-corrected chi connectivity index (χ4v) is 6.44. The molecule has 2 aliphatic heterocycles. The molecule has 2 saturated heterocycles. The molecule has 4 heterocycles. The predicted octanol–water partition coefficient (Wildman–Crippen LogP) is 4.80. The number of hydrogen-bond donors (Lipinski definition) is 2. The lowest BCUT2D eigenvalue weighted by molar-refractivity contribution is -0.115. The summed E-state index contributed by atoms with van der Waals surface area (Å²) < 4.78 is 7.84. The number of H-pyrrole nitrogens is 1. The Labute approximate surface area is 278 Å². The molecule has 5 rings (SSSR count). The van der Waals surface area contributed by atoms with Gasteiger partial charge in [-0.25, -0.2) is 8.10 Å². The molecule has 3 aromatic rings. The first-order chi connectivity index (χ1) is 21.8. The summed E-state index contributed by atoms with van der Waals surface area (Å²) >= 11 is 2.35. The standard InChI is InChI=1S/C34H41IN6O4/c1-4-6-24-17-23(3)38-34(44)30(24)22-37-33(43)27-18-26(25-7-8-31(36-21-25)39-11-13-40(35)14-12-39)19-29(20-27)41(32(42)5-2)28-9-15-45-16-10-28/h5,7-8,17-21,28H,2,4,6,9-16,22H2,1,3H3,(H,37,43)(H,38,44). The van der Waals surface area contributed by atoms with Gasteiger partial charge in [-0.05, 0) is 79.8 Å². The number of halogens is 1. The molecule has 45 heavy (non-hydrogen) atoms. The number of hydrogen-bond acceptors (Lipinski definition) is 7. The third-order valence-electron chi connectivity index (χ3n) is 8.36. The van der Waals surface area contributed by atoms with E-state index in [1.165, 1.54) is 6.08 Å². The summed E-state index contributed by atoms with van der Waals surface area (Å²) in [4.78, 5) is 51.4. The third kappa shape index (κ3) is 8.00. The van der Waals surface area contributed by atoms with Gasteiger partial charge in [0.15, 0.2) is 0 Å². The van der Waals surface area contributed by atoms with Gasteiger partial charge in [-0.1, -0.05) is 19.9 Å². The summed E-state index contributed by atoms with van der Waals surface area (Å²) in [5, 5.41) is 2.97. The molecule has 0 saturated carbocycles. The van der Waals surface area contributed by atoms with Crippen LogP contribution in [0.5, 0.6) is 0 Å². The number of benzene rings is 1. The van der Waals surface area contributed by atoms with Crippen LogP contribution in [0.4, 0.5) is 11.5 Å². The van der Waals surface area contributed by atoms with Crippen LogP contribution in [0.2, 0.25) is 0 Å². The van der Waals surface area contributed by atoms with Crippen molar-refractivity contribution in [2.75, 3.05) is 49.2 Å². The van der Waals surface area contributed by atoms with Crippen LogP contribution >= 0.6 is 22.9 Å². The van der Waals surface area contributed by atoms with Crippen LogP contribution in [0, 0.1) is 6.92 Å². The van der Waals surface area contributed by atoms with Crippen LogP contribution in [0.15, 0.2) is 60.0 Å². The van der Waals surface area contributed by atoms with Crippen molar-refractivity contribution in [1.29, 1.82) is 0 Å². The van der Waals surface area contributed by atoms with Crippen molar-refractivity contribution < 1.29 is 14.3 Å². The lowest BCUT2D eigenvalue weighted by Crippen LogP contribution is -2.43. The summed E-state index contributed by atoms with van der Waals surface area (Å²) in [6.45, 7) is 12.6. The second-order valence-corrected chi connectivity index (χ2v) is 12.9. The Bertz CT molecular complexity index is 1580. The highest BCUT2D eigenvalue weighted by atomic mass is 127. The largest absolute Gasteiger partial charge is 0.381 e. The van der Waals surface area contributed by atoms with Gasteiger partial charge in [0.1, 0.15) is 5.82 Å². The monoisotopic (exact) mass is 724 g/mol. The van der Waals surface area contributed by atoms with Gasteiger partial charge in [0.25, 0.3) is 17.4 Å². The Balaban J connectivity index is 1.49. The molecule has 0 unspecified atom stereocenters. The average molecular weight is 725 g/mol. The SMILES string of the molecule is C=CC(=O)N(c1cc(C(=O)NCc2c(CCC)cc(C)[nH]c2=O)cc(-c2ccc(N3CCN(I)CC3)nc2)c1)C1CCOCC1. The molecular weight excluding hydrogens is 683 g/mol. The Morgan fingerprint density at radius 3 is 2.56 bits per heavy atom. The van der Waals surface area contributed by atoms with E-state index in [0.29, 0.717) is 42.9 Å². The molecular formula is C34H41IN6O4. The molecule has 2 N–H and O–H groups in total. The summed E-state index contributed by atoms with van der Waals surface area (Å²) in [6, 6.07) is 11.4. The minimum atomic E-state index is -0.334. The lowest BCUT2D eigenvalue weighted by Gasteiger charge is -2.34.